The van der Waals surface area contributed by atoms with Crippen molar-refractivity contribution < 1.29 is 19.1 Å². The van der Waals surface area contributed by atoms with E-state index in [-0.39, 0.29) is 42.8 Å². The van der Waals surface area contributed by atoms with Crippen molar-refractivity contribution in [2.75, 3.05) is 32.2 Å². The lowest BCUT2D eigenvalue weighted by Gasteiger charge is -2.26. The number of benzene rings is 1. The molecule has 2 aliphatic rings. The van der Waals surface area contributed by atoms with Crippen molar-refractivity contribution in [1.82, 2.24) is 9.80 Å². The van der Waals surface area contributed by atoms with Gasteiger partial charge in [-0.3, -0.25) is 24.2 Å². The van der Waals surface area contributed by atoms with Crippen LogP contribution in [0, 0.1) is 11.8 Å². The van der Waals surface area contributed by atoms with Crippen LogP contribution in [0.2, 0.25) is 0 Å². The Morgan fingerprint density at radius 3 is 2.43 bits per heavy atom. The number of amides is 3. The average molecular weight is 385 g/mol. The van der Waals surface area contributed by atoms with E-state index in [0.29, 0.717) is 30.8 Å². The number of nitrogens with one attached hydrogen (secondary N) is 1. The molecule has 1 heterocycles. The Balaban J connectivity index is 1.64. The van der Waals surface area contributed by atoms with Crippen LogP contribution in [0.4, 0.5) is 5.69 Å². The molecule has 2 atom stereocenters. The molecule has 0 aromatic heterocycles. The van der Waals surface area contributed by atoms with E-state index in [2.05, 4.69) is 5.32 Å². The summed E-state index contributed by atoms with van der Waals surface area (Å²) >= 11 is 0. The number of likely N-dealkylation sites (tertiary alicyclic amines) is 1. The molecule has 1 aromatic carbocycles. The van der Waals surface area contributed by atoms with E-state index in [0.717, 1.165) is 6.42 Å². The minimum absolute atomic E-state index is 0.0938. The maximum atomic E-state index is 12.7. The molecule has 150 valence electrons. The summed E-state index contributed by atoms with van der Waals surface area (Å²) in [6, 6.07) is 7.19. The number of fused-ring (bicyclic) bond motifs is 1. The Morgan fingerprint density at radius 2 is 1.82 bits per heavy atom. The Bertz CT molecular complexity index is 751. The number of allylic oxidation sites excluding steroid dienone is 2. The maximum Gasteiger partial charge on any atom is 0.238 e. The molecule has 3 rings (SSSR count). The van der Waals surface area contributed by atoms with E-state index < -0.39 is 0 Å². The van der Waals surface area contributed by atoms with Gasteiger partial charge >= 0.3 is 0 Å². The number of anilines is 1. The number of methoxy groups -OCH3 is 1. The lowest BCUT2D eigenvalue weighted by Crippen LogP contribution is -2.45. The number of para-hydroxylation sites is 2. The fraction of sp³-hybridized carbons (Fsp3) is 0.476. The molecule has 1 aromatic rings. The monoisotopic (exact) mass is 385 g/mol. The molecule has 3 amide bonds. The molecule has 1 aliphatic heterocycles. The number of carbonyl (C=O) groups is 3. The number of nitrogens with zero attached hydrogens (tertiary/aromatic N) is 2. The van der Waals surface area contributed by atoms with Gasteiger partial charge in [0.25, 0.3) is 0 Å². The summed E-state index contributed by atoms with van der Waals surface area (Å²) in [5.41, 5.74) is 0.594. The topological polar surface area (TPSA) is 79.0 Å². The van der Waals surface area contributed by atoms with Gasteiger partial charge in [0.05, 0.1) is 37.8 Å². The Labute approximate surface area is 165 Å². The third kappa shape index (κ3) is 4.25. The SMILES string of the molecule is CCCN(CC(=O)Nc1ccccc1OC)CN1C(=O)[C@H]2CC=CC[C@H]2C1=O. The van der Waals surface area contributed by atoms with E-state index in [1.807, 2.05) is 36.1 Å². The van der Waals surface area contributed by atoms with Crippen molar-refractivity contribution in [1.29, 1.82) is 0 Å². The summed E-state index contributed by atoms with van der Waals surface area (Å²) in [6.45, 7) is 2.86. The lowest BCUT2D eigenvalue weighted by molar-refractivity contribution is -0.143. The fourth-order valence-corrected chi connectivity index (χ4v) is 3.87. The summed E-state index contributed by atoms with van der Waals surface area (Å²) in [6.07, 6.45) is 5.99. The first-order valence-corrected chi connectivity index (χ1v) is 9.70. The lowest BCUT2D eigenvalue weighted by atomic mass is 9.85. The second-order valence-electron chi connectivity index (χ2n) is 7.20. The van der Waals surface area contributed by atoms with Crippen LogP contribution in [0.3, 0.4) is 0 Å². The van der Waals surface area contributed by atoms with Crippen LogP contribution in [0.25, 0.3) is 0 Å². The predicted octanol–water partition coefficient (Wildman–Crippen LogP) is 2.25. The number of rotatable bonds is 8. The number of ether oxygens (including phenoxy) is 1. The van der Waals surface area contributed by atoms with Crippen LogP contribution in [0.5, 0.6) is 5.75 Å². The zero-order valence-electron chi connectivity index (χ0n) is 16.4. The number of hydrogen-bond acceptors (Lipinski definition) is 5. The predicted molar refractivity (Wildman–Crippen MR) is 106 cm³/mol. The molecule has 7 nitrogen and oxygen atoms in total. The molecule has 0 spiro atoms. The molecular formula is C21H27N3O4. The molecule has 0 saturated carbocycles. The molecular weight excluding hydrogens is 358 g/mol. The molecule has 1 N–H and O–H groups in total. The zero-order valence-corrected chi connectivity index (χ0v) is 16.4. The molecule has 28 heavy (non-hydrogen) atoms. The molecule has 0 radical (unpaired) electrons. The quantitative estimate of drug-likeness (QED) is 0.549. The van der Waals surface area contributed by atoms with E-state index >= 15 is 0 Å². The average Bonchev–Trinajstić information content (AvgIpc) is 2.94. The van der Waals surface area contributed by atoms with E-state index in [1.165, 1.54) is 4.90 Å². The molecule has 1 fully saturated rings. The highest BCUT2D eigenvalue weighted by Crippen LogP contribution is 2.35. The first kappa shape index (κ1) is 20.1. The van der Waals surface area contributed by atoms with Crippen molar-refractivity contribution in [3.05, 3.63) is 36.4 Å². The number of carbonyl (C=O) groups excluding carboxylic acids is 3. The van der Waals surface area contributed by atoms with Gasteiger partial charge in [-0.1, -0.05) is 31.2 Å². The molecule has 0 unspecified atom stereocenters. The van der Waals surface area contributed by atoms with Crippen LogP contribution >= 0.6 is 0 Å². The highest BCUT2D eigenvalue weighted by Gasteiger charge is 2.47. The molecule has 1 saturated heterocycles. The minimum atomic E-state index is -0.247. The Kier molecular flexibility index (Phi) is 6.46. The van der Waals surface area contributed by atoms with Gasteiger partial charge in [0.15, 0.2) is 0 Å². The summed E-state index contributed by atoms with van der Waals surface area (Å²) < 4.78 is 5.26. The normalized spacial score (nSPS) is 21.2. The van der Waals surface area contributed by atoms with E-state index in [1.54, 1.807) is 19.2 Å². The van der Waals surface area contributed by atoms with Gasteiger partial charge in [0.2, 0.25) is 17.7 Å². The third-order valence-corrected chi connectivity index (χ3v) is 5.23. The largest absolute Gasteiger partial charge is 0.495 e. The fourth-order valence-electron chi connectivity index (χ4n) is 3.87. The zero-order chi connectivity index (χ0) is 20.1. The van der Waals surface area contributed by atoms with Crippen molar-refractivity contribution in [2.24, 2.45) is 11.8 Å². The highest BCUT2D eigenvalue weighted by atomic mass is 16.5. The first-order valence-electron chi connectivity index (χ1n) is 9.70. The Hall–Kier alpha value is -2.67. The van der Waals surface area contributed by atoms with Crippen molar-refractivity contribution in [3.8, 4) is 5.75 Å². The van der Waals surface area contributed by atoms with Gasteiger partial charge in [-0.15, -0.1) is 0 Å². The van der Waals surface area contributed by atoms with E-state index in [4.69, 9.17) is 4.74 Å². The van der Waals surface area contributed by atoms with E-state index in [9.17, 15) is 14.4 Å². The van der Waals surface area contributed by atoms with Crippen LogP contribution in [0.15, 0.2) is 36.4 Å². The van der Waals surface area contributed by atoms with Crippen molar-refractivity contribution in [2.45, 2.75) is 26.2 Å². The number of hydrogen-bond donors (Lipinski definition) is 1. The van der Waals surface area contributed by atoms with Crippen LogP contribution in [-0.4, -0.2) is 54.4 Å². The standard InChI is InChI=1S/C21H27N3O4/c1-3-12-23(13-19(25)22-17-10-6-7-11-18(17)28-2)14-24-20(26)15-8-4-5-9-16(15)21(24)27/h4-7,10-11,15-16H,3,8-9,12-14H2,1-2H3,(H,22,25)/t15-,16+. The highest BCUT2D eigenvalue weighted by molar-refractivity contribution is 6.05. The minimum Gasteiger partial charge on any atom is -0.495 e. The first-order chi connectivity index (χ1) is 13.5. The molecule has 0 bridgehead atoms. The van der Waals surface area contributed by atoms with Crippen LogP contribution < -0.4 is 10.1 Å². The van der Waals surface area contributed by atoms with Gasteiger partial charge < -0.3 is 10.1 Å². The molecule has 7 heteroatoms. The van der Waals surface area contributed by atoms with Crippen LogP contribution in [0.1, 0.15) is 26.2 Å². The molecule has 1 aliphatic carbocycles. The van der Waals surface area contributed by atoms with Gasteiger partial charge in [0.1, 0.15) is 5.75 Å². The Morgan fingerprint density at radius 1 is 1.18 bits per heavy atom. The third-order valence-electron chi connectivity index (χ3n) is 5.23. The summed E-state index contributed by atoms with van der Waals surface area (Å²) in [7, 11) is 1.55. The smallest absolute Gasteiger partial charge is 0.238 e. The summed E-state index contributed by atoms with van der Waals surface area (Å²) in [5, 5.41) is 2.84. The van der Waals surface area contributed by atoms with Gasteiger partial charge in [-0.25, -0.2) is 0 Å². The van der Waals surface area contributed by atoms with Crippen LogP contribution in [-0.2, 0) is 14.4 Å². The van der Waals surface area contributed by atoms with Gasteiger partial charge in [0, 0.05) is 6.54 Å². The van der Waals surface area contributed by atoms with Gasteiger partial charge in [-0.05, 0) is 31.4 Å². The second kappa shape index (κ2) is 9.01. The van der Waals surface area contributed by atoms with Crippen molar-refractivity contribution in [3.63, 3.8) is 0 Å². The van der Waals surface area contributed by atoms with Gasteiger partial charge in [-0.2, -0.15) is 0 Å². The summed E-state index contributed by atoms with van der Waals surface area (Å²) in [4.78, 5) is 41.1. The van der Waals surface area contributed by atoms with Crippen molar-refractivity contribution >= 4 is 23.4 Å². The summed E-state index contributed by atoms with van der Waals surface area (Å²) in [5.74, 6) is -0.363. The maximum absolute atomic E-state index is 12.7. The second-order valence-corrected chi connectivity index (χ2v) is 7.20. The number of imide groups is 1.